The van der Waals surface area contributed by atoms with Crippen LogP contribution in [0.15, 0.2) is 24.3 Å². The number of rotatable bonds is 1. The van der Waals surface area contributed by atoms with Crippen molar-refractivity contribution < 1.29 is 0 Å². The fourth-order valence-electron chi connectivity index (χ4n) is 2.16. The molecule has 0 aliphatic heterocycles. The van der Waals surface area contributed by atoms with Crippen molar-refractivity contribution in [2.75, 3.05) is 0 Å². The first kappa shape index (κ1) is 10.0. The molecule has 1 aromatic rings. The number of halogens is 1. The molecule has 1 saturated carbocycles. The third-order valence-corrected chi connectivity index (χ3v) is 3.32. The van der Waals surface area contributed by atoms with Gasteiger partial charge in [0.05, 0.1) is 0 Å². The van der Waals surface area contributed by atoms with E-state index in [-0.39, 0.29) is 6.04 Å². The molecular weight excluding hydrogens is 194 g/mol. The molecule has 1 fully saturated rings. The Morgan fingerprint density at radius 3 is 2.14 bits per heavy atom. The zero-order valence-electron chi connectivity index (χ0n) is 8.17. The van der Waals surface area contributed by atoms with Crippen LogP contribution >= 0.6 is 11.6 Å². The van der Waals surface area contributed by atoms with Gasteiger partial charge in [-0.25, -0.2) is 0 Å². The molecule has 0 spiro atoms. The van der Waals surface area contributed by atoms with Gasteiger partial charge in [-0.05, 0) is 49.3 Å². The van der Waals surface area contributed by atoms with E-state index in [4.69, 9.17) is 17.3 Å². The molecule has 14 heavy (non-hydrogen) atoms. The molecule has 75 valence electrons. The van der Waals surface area contributed by atoms with E-state index in [1.54, 1.807) is 0 Å². The molecule has 2 heteroatoms. The first-order chi connectivity index (χ1) is 6.75. The molecule has 0 atom stereocenters. The summed E-state index contributed by atoms with van der Waals surface area (Å²) >= 11 is 5.84. The summed E-state index contributed by atoms with van der Waals surface area (Å²) in [6.45, 7) is 0. The lowest BCUT2D eigenvalue weighted by Gasteiger charge is -2.25. The quantitative estimate of drug-likeness (QED) is 0.673. The Kier molecular flexibility index (Phi) is 3.09. The van der Waals surface area contributed by atoms with Gasteiger partial charge in [0.2, 0.25) is 0 Å². The lowest BCUT2D eigenvalue weighted by Crippen LogP contribution is -2.18. The molecule has 1 aliphatic carbocycles. The number of hydrogen-bond acceptors (Lipinski definition) is 0. The average Bonchev–Trinajstić information content (AvgIpc) is 2.21. The van der Waals surface area contributed by atoms with E-state index in [9.17, 15) is 0 Å². The fraction of sp³-hybridized carbons (Fsp3) is 0.500. The molecular formula is C12H15ClN. The smallest absolute Gasteiger partial charge is 0.0406 e. The summed E-state index contributed by atoms with van der Waals surface area (Å²) in [7, 11) is 0. The zero-order chi connectivity index (χ0) is 9.97. The van der Waals surface area contributed by atoms with Crippen LogP contribution in [-0.2, 0) is 0 Å². The van der Waals surface area contributed by atoms with E-state index in [1.807, 2.05) is 12.1 Å². The lowest BCUT2D eigenvalue weighted by atomic mass is 9.82. The van der Waals surface area contributed by atoms with Crippen molar-refractivity contribution in [1.82, 2.24) is 5.73 Å². The van der Waals surface area contributed by atoms with Crippen LogP contribution in [0.5, 0.6) is 0 Å². The van der Waals surface area contributed by atoms with E-state index in [1.165, 1.54) is 5.56 Å². The van der Waals surface area contributed by atoms with Crippen molar-refractivity contribution in [3.8, 4) is 0 Å². The van der Waals surface area contributed by atoms with E-state index in [0.717, 1.165) is 30.7 Å². The van der Waals surface area contributed by atoms with Gasteiger partial charge in [0.25, 0.3) is 0 Å². The minimum Gasteiger partial charge on any atom is -0.255 e. The van der Waals surface area contributed by atoms with E-state index >= 15 is 0 Å². The van der Waals surface area contributed by atoms with Crippen LogP contribution in [-0.4, -0.2) is 6.04 Å². The van der Waals surface area contributed by atoms with Gasteiger partial charge in [0.1, 0.15) is 0 Å². The normalized spacial score (nSPS) is 27.6. The van der Waals surface area contributed by atoms with Crippen LogP contribution in [0.1, 0.15) is 37.2 Å². The highest BCUT2D eigenvalue weighted by Gasteiger charge is 2.19. The predicted molar refractivity (Wildman–Crippen MR) is 59.5 cm³/mol. The Balaban J connectivity index is 2.05. The molecule has 1 N–H and O–H groups in total. The Morgan fingerprint density at radius 1 is 1.00 bits per heavy atom. The molecule has 0 saturated heterocycles. The third kappa shape index (κ3) is 2.28. The second-order valence-corrected chi connectivity index (χ2v) is 4.54. The van der Waals surface area contributed by atoms with E-state index in [0.29, 0.717) is 5.92 Å². The van der Waals surface area contributed by atoms with E-state index < -0.39 is 0 Å². The highest BCUT2D eigenvalue weighted by Crippen LogP contribution is 2.32. The number of hydrogen-bond donors (Lipinski definition) is 0. The van der Waals surface area contributed by atoms with Gasteiger partial charge in [0.15, 0.2) is 0 Å². The molecule has 0 amide bonds. The Morgan fingerprint density at radius 2 is 1.57 bits per heavy atom. The van der Waals surface area contributed by atoms with Crippen LogP contribution in [0.4, 0.5) is 0 Å². The van der Waals surface area contributed by atoms with Gasteiger partial charge in [-0.2, -0.15) is 0 Å². The summed E-state index contributed by atoms with van der Waals surface area (Å²) in [5, 5.41) is 0.808. The SMILES string of the molecule is [NH]C1CCC(c2ccc(Cl)cc2)CC1. The number of nitrogens with one attached hydrogen (secondary N) is 1. The molecule has 0 bridgehead atoms. The van der Waals surface area contributed by atoms with Crippen molar-refractivity contribution in [3.63, 3.8) is 0 Å². The second-order valence-electron chi connectivity index (χ2n) is 4.10. The summed E-state index contributed by atoms with van der Waals surface area (Å²) in [5.41, 5.74) is 9.03. The molecule has 1 aromatic carbocycles. The van der Waals surface area contributed by atoms with Crippen LogP contribution in [0.25, 0.3) is 0 Å². The summed E-state index contributed by atoms with van der Waals surface area (Å²) in [5.74, 6) is 0.661. The molecule has 0 aromatic heterocycles. The molecule has 0 heterocycles. The van der Waals surface area contributed by atoms with E-state index in [2.05, 4.69) is 12.1 Å². The first-order valence-corrected chi connectivity index (χ1v) is 5.60. The standard InChI is InChI=1S/C12H15ClN/c13-11-5-1-9(2-6-11)10-3-7-12(14)8-4-10/h1-2,5-6,10,12,14H,3-4,7-8H2. The van der Waals surface area contributed by atoms with Crippen molar-refractivity contribution in [1.29, 1.82) is 0 Å². The van der Waals surface area contributed by atoms with Gasteiger partial charge < -0.3 is 0 Å². The van der Waals surface area contributed by atoms with Gasteiger partial charge in [-0.1, -0.05) is 23.7 Å². The molecule has 1 nitrogen and oxygen atoms in total. The Labute approximate surface area is 90.3 Å². The Hall–Kier alpha value is -0.530. The minimum absolute atomic E-state index is 0.179. The number of benzene rings is 1. The van der Waals surface area contributed by atoms with Crippen molar-refractivity contribution in [2.45, 2.75) is 37.6 Å². The highest BCUT2D eigenvalue weighted by molar-refractivity contribution is 6.30. The summed E-state index contributed by atoms with van der Waals surface area (Å²) < 4.78 is 0. The van der Waals surface area contributed by atoms with Gasteiger partial charge in [0, 0.05) is 11.1 Å². The third-order valence-electron chi connectivity index (χ3n) is 3.07. The zero-order valence-corrected chi connectivity index (χ0v) is 8.93. The summed E-state index contributed by atoms with van der Waals surface area (Å²) in [6.07, 6.45) is 4.42. The van der Waals surface area contributed by atoms with Crippen LogP contribution in [0.3, 0.4) is 0 Å². The minimum atomic E-state index is 0.179. The highest BCUT2D eigenvalue weighted by atomic mass is 35.5. The summed E-state index contributed by atoms with van der Waals surface area (Å²) in [4.78, 5) is 0. The average molecular weight is 209 g/mol. The molecule has 0 unspecified atom stereocenters. The molecule has 2 rings (SSSR count). The van der Waals surface area contributed by atoms with Gasteiger partial charge in [-0.15, -0.1) is 0 Å². The fourth-order valence-corrected chi connectivity index (χ4v) is 2.29. The van der Waals surface area contributed by atoms with Crippen LogP contribution < -0.4 is 5.73 Å². The maximum Gasteiger partial charge on any atom is 0.0406 e. The van der Waals surface area contributed by atoms with Gasteiger partial charge in [-0.3, -0.25) is 5.73 Å². The monoisotopic (exact) mass is 208 g/mol. The first-order valence-electron chi connectivity index (χ1n) is 5.22. The maximum atomic E-state index is 7.64. The van der Waals surface area contributed by atoms with Gasteiger partial charge >= 0.3 is 0 Å². The summed E-state index contributed by atoms with van der Waals surface area (Å²) in [6, 6.07) is 8.35. The molecule has 1 aliphatic rings. The maximum absolute atomic E-state index is 7.64. The lowest BCUT2D eigenvalue weighted by molar-refractivity contribution is 0.388. The molecule has 1 radical (unpaired) electrons. The van der Waals surface area contributed by atoms with Crippen molar-refractivity contribution in [2.24, 2.45) is 0 Å². The van der Waals surface area contributed by atoms with Crippen LogP contribution in [0.2, 0.25) is 5.02 Å². The second kappa shape index (κ2) is 4.33. The van der Waals surface area contributed by atoms with Crippen molar-refractivity contribution >= 4 is 11.6 Å². The topological polar surface area (TPSA) is 23.8 Å². The predicted octanol–water partition coefficient (Wildman–Crippen LogP) is 3.65. The Bertz CT molecular complexity index is 286. The van der Waals surface area contributed by atoms with Crippen molar-refractivity contribution in [3.05, 3.63) is 34.9 Å². The van der Waals surface area contributed by atoms with Crippen LogP contribution in [0, 0.1) is 0 Å². The largest absolute Gasteiger partial charge is 0.255 e.